The van der Waals surface area contributed by atoms with Gasteiger partial charge in [-0.1, -0.05) is 27.7 Å². The quantitative estimate of drug-likeness (QED) is 0.470. The Hall–Kier alpha value is -1.59. The Kier molecular flexibility index (Phi) is 7.90. The maximum absolute atomic E-state index is 12.6. The zero-order valence-electron chi connectivity index (χ0n) is 16.5. The number of hydrogen-bond acceptors (Lipinski definition) is 5. The van der Waals surface area contributed by atoms with Crippen LogP contribution in [0.5, 0.6) is 0 Å². The van der Waals surface area contributed by atoms with Crippen molar-refractivity contribution in [2.45, 2.75) is 66.8 Å². The summed E-state index contributed by atoms with van der Waals surface area (Å²) in [5, 5.41) is 0. The van der Waals surface area contributed by atoms with Crippen LogP contribution in [0.25, 0.3) is 0 Å². The summed E-state index contributed by atoms with van der Waals surface area (Å²) in [6, 6.07) is -0.221. The maximum atomic E-state index is 12.6. The zero-order chi connectivity index (χ0) is 19.2. The van der Waals surface area contributed by atoms with Gasteiger partial charge in [0.1, 0.15) is 0 Å². The Morgan fingerprint density at radius 2 is 1.64 bits per heavy atom. The van der Waals surface area contributed by atoms with Gasteiger partial charge in [0.15, 0.2) is 5.92 Å². The van der Waals surface area contributed by atoms with E-state index in [2.05, 4.69) is 13.8 Å². The van der Waals surface area contributed by atoms with Gasteiger partial charge in [-0.15, -0.1) is 0 Å². The number of hydrogen-bond donors (Lipinski definition) is 0. The zero-order valence-corrected chi connectivity index (χ0v) is 16.5. The van der Waals surface area contributed by atoms with Crippen LogP contribution in [0.15, 0.2) is 0 Å². The predicted octanol–water partition coefficient (Wildman–Crippen LogP) is 2.79. The van der Waals surface area contributed by atoms with Gasteiger partial charge in [-0.2, -0.15) is 0 Å². The summed E-state index contributed by atoms with van der Waals surface area (Å²) in [7, 11) is 0. The molecule has 1 fully saturated rings. The van der Waals surface area contributed by atoms with Gasteiger partial charge >= 0.3 is 11.9 Å². The lowest BCUT2D eigenvalue weighted by Gasteiger charge is -2.44. The lowest BCUT2D eigenvalue weighted by molar-refractivity contribution is -0.171. The number of amides is 1. The molecular weight excluding hydrogens is 322 g/mol. The molecule has 0 saturated carbocycles. The molecule has 0 N–H and O–H groups in total. The molecule has 1 unspecified atom stereocenters. The first kappa shape index (κ1) is 21.5. The minimum Gasteiger partial charge on any atom is -0.465 e. The number of esters is 2. The van der Waals surface area contributed by atoms with Crippen molar-refractivity contribution in [1.82, 2.24) is 4.90 Å². The van der Waals surface area contributed by atoms with Crippen LogP contribution in [-0.2, 0) is 23.9 Å². The molecule has 1 aliphatic heterocycles. The third-order valence-electron chi connectivity index (χ3n) is 4.83. The SMILES string of the molecule is CCOC(=O)C(C(=O)OCC)C(C)(C)C(CC(C)C)N1CCCC1=O. The summed E-state index contributed by atoms with van der Waals surface area (Å²) in [5.74, 6) is -1.80. The molecule has 0 aromatic carbocycles. The van der Waals surface area contributed by atoms with Crippen molar-refractivity contribution in [3.05, 3.63) is 0 Å². The van der Waals surface area contributed by atoms with Crippen LogP contribution in [0, 0.1) is 17.3 Å². The van der Waals surface area contributed by atoms with E-state index in [-0.39, 0.29) is 25.2 Å². The standard InChI is InChI=1S/C19H33NO5/c1-7-24-17(22)16(18(23)25-8-2)19(5,6)14(12-13(3)4)20-11-9-10-15(20)21/h13-14,16H,7-12H2,1-6H3. The lowest BCUT2D eigenvalue weighted by atomic mass is 9.69. The molecule has 0 aromatic heterocycles. The molecule has 6 heteroatoms. The van der Waals surface area contributed by atoms with Crippen LogP contribution in [0.1, 0.15) is 60.8 Å². The first-order valence-electron chi connectivity index (χ1n) is 9.29. The fourth-order valence-corrected chi connectivity index (χ4v) is 3.63. The highest BCUT2D eigenvalue weighted by molar-refractivity contribution is 5.96. The van der Waals surface area contributed by atoms with Crippen molar-refractivity contribution >= 4 is 17.8 Å². The highest BCUT2D eigenvalue weighted by atomic mass is 16.6. The van der Waals surface area contributed by atoms with Crippen molar-refractivity contribution in [2.75, 3.05) is 19.8 Å². The second kappa shape index (κ2) is 9.20. The first-order valence-corrected chi connectivity index (χ1v) is 9.29. The molecular formula is C19H33NO5. The van der Waals surface area contributed by atoms with E-state index in [9.17, 15) is 14.4 Å². The predicted molar refractivity (Wildman–Crippen MR) is 94.7 cm³/mol. The third kappa shape index (κ3) is 5.19. The number of rotatable bonds is 9. The van der Waals surface area contributed by atoms with E-state index < -0.39 is 23.3 Å². The van der Waals surface area contributed by atoms with Crippen molar-refractivity contribution < 1.29 is 23.9 Å². The fraction of sp³-hybridized carbons (Fsp3) is 0.842. The molecule has 0 aromatic rings. The summed E-state index contributed by atoms with van der Waals surface area (Å²) in [6.07, 6.45) is 2.05. The highest BCUT2D eigenvalue weighted by Gasteiger charge is 2.50. The number of ether oxygens (including phenoxy) is 2. The van der Waals surface area contributed by atoms with Crippen LogP contribution in [0.3, 0.4) is 0 Å². The van der Waals surface area contributed by atoms with E-state index in [0.29, 0.717) is 25.3 Å². The molecule has 1 amide bonds. The molecule has 1 heterocycles. The van der Waals surface area contributed by atoms with Crippen molar-refractivity contribution in [2.24, 2.45) is 17.3 Å². The number of carbonyl (C=O) groups is 3. The first-order chi connectivity index (χ1) is 11.7. The van der Waals surface area contributed by atoms with E-state index >= 15 is 0 Å². The monoisotopic (exact) mass is 355 g/mol. The lowest BCUT2D eigenvalue weighted by Crippen LogP contribution is -2.54. The van der Waals surface area contributed by atoms with Crippen LogP contribution in [-0.4, -0.2) is 48.5 Å². The summed E-state index contributed by atoms with van der Waals surface area (Å²) >= 11 is 0. The molecule has 144 valence electrons. The van der Waals surface area contributed by atoms with E-state index in [1.807, 2.05) is 18.7 Å². The molecule has 1 atom stereocenters. The van der Waals surface area contributed by atoms with Gasteiger partial charge in [0.2, 0.25) is 5.91 Å². The van der Waals surface area contributed by atoms with Crippen molar-refractivity contribution in [3.8, 4) is 0 Å². The fourth-order valence-electron chi connectivity index (χ4n) is 3.63. The van der Waals surface area contributed by atoms with Crippen LogP contribution in [0.4, 0.5) is 0 Å². The van der Waals surface area contributed by atoms with Crippen LogP contribution in [0.2, 0.25) is 0 Å². The smallest absolute Gasteiger partial charge is 0.320 e. The maximum Gasteiger partial charge on any atom is 0.320 e. The van der Waals surface area contributed by atoms with E-state index in [1.165, 1.54) is 0 Å². The summed E-state index contributed by atoms with van der Waals surface area (Å²) < 4.78 is 10.3. The average molecular weight is 355 g/mol. The van der Waals surface area contributed by atoms with Crippen LogP contribution < -0.4 is 0 Å². The molecule has 1 saturated heterocycles. The third-order valence-corrected chi connectivity index (χ3v) is 4.83. The Labute approximate surface area is 151 Å². The Bertz CT molecular complexity index is 468. The van der Waals surface area contributed by atoms with Gasteiger partial charge in [-0.3, -0.25) is 14.4 Å². The molecule has 1 rings (SSSR count). The van der Waals surface area contributed by atoms with Crippen molar-refractivity contribution in [3.63, 3.8) is 0 Å². The number of nitrogens with zero attached hydrogens (tertiary/aromatic N) is 1. The molecule has 1 aliphatic rings. The van der Waals surface area contributed by atoms with Gasteiger partial charge in [-0.25, -0.2) is 0 Å². The minimum absolute atomic E-state index is 0.0881. The summed E-state index contributed by atoms with van der Waals surface area (Å²) in [4.78, 5) is 39.3. The Morgan fingerprint density at radius 3 is 2.00 bits per heavy atom. The highest BCUT2D eigenvalue weighted by Crippen LogP contribution is 2.40. The average Bonchev–Trinajstić information content (AvgIpc) is 2.90. The van der Waals surface area contributed by atoms with Crippen LogP contribution >= 0.6 is 0 Å². The number of carbonyl (C=O) groups excluding carboxylic acids is 3. The second-order valence-electron chi connectivity index (χ2n) is 7.59. The molecule has 25 heavy (non-hydrogen) atoms. The van der Waals surface area contributed by atoms with E-state index in [1.54, 1.807) is 13.8 Å². The van der Waals surface area contributed by atoms with E-state index in [0.717, 1.165) is 6.42 Å². The molecule has 0 aliphatic carbocycles. The Balaban J connectivity index is 3.25. The van der Waals surface area contributed by atoms with Crippen molar-refractivity contribution in [1.29, 1.82) is 0 Å². The molecule has 6 nitrogen and oxygen atoms in total. The summed E-state index contributed by atoms with van der Waals surface area (Å²) in [5.41, 5.74) is -0.789. The van der Waals surface area contributed by atoms with E-state index in [4.69, 9.17) is 9.47 Å². The normalized spacial score (nSPS) is 16.5. The minimum atomic E-state index is -1.05. The number of likely N-dealkylation sites (tertiary alicyclic amines) is 1. The topological polar surface area (TPSA) is 72.9 Å². The second-order valence-corrected chi connectivity index (χ2v) is 7.59. The van der Waals surface area contributed by atoms with Gasteiger partial charge in [-0.05, 0) is 32.6 Å². The molecule has 0 bridgehead atoms. The van der Waals surface area contributed by atoms with Gasteiger partial charge < -0.3 is 14.4 Å². The van der Waals surface area contributed by atoms with Gasteiger partial charge in [0.05, 0.1) is 13.2 Å². The summed E-state index contributed by atoms with van der Waals surface area (Å²) in [6.45, 7) is 12.4. The molecule has 0 spiro atoms. The largest absolute Gasteiger partial charge is 0.465 e. The van der Waals surface area contributed by atoms with Gasteiger partial charge in [0.25, 0.3) is 0 Å². The Morgan fingerprint density at radius 1 is 1.12 bits per heavy atom. The molecule has 0 radical (unpaired) electrons. The van der Waals surface area contributed by atoms with Gasteiger partial charge in [0, 0.05) is 24.4 Å².